The van der Waals surface area contributed by atoms with Crippen LogP contribution in [0.3, 0.4) is 0 Å². The second-order valence-corrected chi connectivity index (χ2v) is 9.68. The molecule has 0 aliphatic heterocycles. The predicted molar refractivity (Wildman–Crippen MR) is 135 cm³/mol. The number of carbonyl (C=O) groups is 2. The summed E-state index contributed by atoms with van der Waals surface area (Å²) >= 11 is 0. The summed E-state index contributed by atoms with van der Waals surface area (Å²) in [5.74, 6) is -0.214. The van der Waals surface area contributed by atoms with Gasteiger partial charge in [0, 0.05) is 12.8 Å². The number of hydrogen-bond acceptors (Lipinski definition) is 3. The first-order valence-corrected chi connectivity index (χ1v) is 14.0. The van der Waals surface area contributed by atoms with Crippen LogP contribution in [-0.4, -0.2) is 23.7 Å². The lowest BCUT2D eigenvalue weighted by atomic mass is 9.95. The molecule has 0 heterocycles. The number of carboxylic acids is 1. The molecule has 4 heteroatoms. The van der Waals surface area contributed by atoms with Crippen molar-refractivity contribution in [2.75, 3.05) is 6.61 Å². The minimum absolute atomic E-state index is 0.0367. The molecule has 4 nitrogen and oxygen atoms in total. The molecule has 32 heavy (non-hydrogen) atoms. The van der Waals surface area contributed by atoms with Crippen LogP contribution in [0, 0.1) is 5.92 Å². The van der Waals surface area contributed by atoms with Crippen molar-refractivity contribution < 1.29 is 19.4 Å². The van der Waals surface area contributed by atoms with Crippen LogP contribution in [0.4, 0.5) is 0 Å². The summed E-state index contributed by atoms with van der Waals surface area (Å²) in [6.07, 6.45) is 24.8. The van der Waals surface area contributed by atoms with Crippen LogP contribution < -0.4 is 0 Å². The normalized spacial score (nSPS) is 12.1. The number of carbonyl (C=O) groups excluding carboxylic acids is 1. The van der Waals surface area contributed by atoms with Crippen molar-refractivity contribution >= 4 is 11.9 Å². The van der Waals surface area contributed by atoms with Crippen LogP contribution in [0.2, 0.25) is 0 Å². The summed E-state index contributed by atoms with van der Waals surface area (Å²) in [4.78, 5) is 22.6. The van der Waals surface area contributed by atoms with Crippen LogP contribution in [0.5, 0.6) is 0 Å². The van der Waals surface area contributed by atoms with E-state index >= 15 is 0 Å². The minimum Gasteiger partial charge on any atom is -0.481 e. The highest BCUT2D eigenvalue weighted by Crippen LogP contribution is 2.20. The van der Waals surface area contributed by atoms with E-state index in [9.17, 15) is 9.59 Å². The molecule has 0 radical (unpaired) electrons. The summed E-state index contributed by atoms with van der Waals surface area (Å²) in [6, 6.07) is 0. The largest absolute Gasteiger partial charge is 0.481 e. The van der Waals surface area contributed by atoms with E-state index in [1.807, 2.05) is 0 Å². The van der Waals surface area contributed by atoms with E-state index in [-0.39, 0.29) is 12.4 Å². The van der Waals surface area contributed by atoms with Crippen LogP contribution >= 0.6 is 0 Å². The van der Waals surface area contributed by atoms with Crippen LogP contribution in [0.15, 0.2) is 0 Å². The van der Waals surface area contributed by atoms with E-state index in [1.54, 1.807) is 0 Å². The van der Waals surface area contributed by atoms with Gasteiger partial charge in [0.05, 0.1) is 6.61 Å². The van der Waals surface area contributed by atoms with Crippen molar-refractivity contribution in [2.45, 2.75) is 155 Å². The molecule has 1 N–H and O–H groups in total. The topological polar surface area (TPSA) is 63.6 Å². The maximum absolute atomic E-state index is 12.1. The standard InChI is InChI=1S/C28H54O4/c1-3-5-7-9-10-11-14-18-22-26(21-17-8-6-4-2)25-32-28(31)24-20-16-13-12-15-19-23-27(29)30/h26H,3-25H2,1-2H3,(H,29,30). The van der Waals surface area contributed by atoms with Gasteiger partial charge < -0.3 is 9.84 Å². The van der Waals surface area contributed by atoms with E-state index in [0.29, 0.717) is 18.9 Å². The van der Waals surface area contributed by atoms with Crippen molar-refractivity contribution in [1.82, 2.24) is 0 Å². The number of unbranched alkanes of at least 4 members (excludes halogenated alkanes) is 15. The predicted octanol–water partition coefficient (Wildman–Crippen LogP) is 8.85. The molecule has 0 aliphatic rings. The van der Waals surface area contributed by atoms with Gasteiger partial charge in [-0.3, -0.25) is 9.59 Å². The Balaban J connectivity index is 3.88. The number of hydrogen-bond donors (Lipinski definition) is 1. The summed E-state index contributed by atoms with van der Waals surface area (Å²) in [7, 11) is 0. The lowest BCUT2D eigenvalue weighted by molar-refractivity contribution is -0.145. The highest BCUT2D eigenvalue weighted by molar-refractivity contribution is 5.69. The molecule has 0 saturated heterocycles. The highest BCUT2D eigenvalue weighted by atomic mass is 16.5. The van der Waals surface area contributed by atoms with Gasteiger partial charge in [-0.05, 0) is 31.6 Å². The van der Waals surface area contributed by atoms with Gasteiger partial charge in [-0.2, -0.15) is 0 Å². The first-order chi connectivity index (χ1) is 15.6. The van der Waals surface area contributed by atoms with E-state index < -0.39 is 5.97 Å². The zero-order chi connectivity index (χ0) is 23.7. The second kappa shape index (κ2) is 24.6. The third-order valence-corrected chi connectivity index (χ3v) is 6.43. The van der Waals surface area contributed by atoms with Crippen molar-refractivity contribution in [2.24, 2.45) is 5.92 Å². The van der Waals surface area contributed by atoms with Gasteiger partial charge in [-0.25, -0.2) is 0 Å². The lowest BCUT2D eigenvalue weighted by Gasteiger charge is -2.17. The zero-order valence-corrected chi connectivity index (χ0v) is 21.5. The lowest BCUT2D eigenvalue weighted by Crippen LogP contribution is -2.14. The van der Waals surface area contributed by atoms with E-state index in [1.165, 1.54) is 89.9 Å². The molecule has 0 fully saturated rings. The Bertz CT molecular complexity index is 422. The van der Waals surface area contributed by atoms with Crippen LogP contribution in [0.25, 0.3) is 0 Å². The molecule has 0 aromatic carbocycles. The maximum atomic E-state index is 12.1. The second-order valence-electron chi connectivity index (χ2n) is 9.68. The molecule has 0 amide bonds. The van der Waals surface area contributed by atoms with Gasteiger partial charge in [0.1, 0.15) is 0 Å². The molecule has 0 rings (SSSR count). The number of rotatable bonds is 25. The Hall–Kier alpha value is -1.06. The first kappa shape index (κ1) is 30.9. The summed E-state index contributed by atoms with van der Waals surface area (Å²) < 4.78 is 5.65. The molecule has 0 bridgehead atoms. The minimum atomic E-state index is -0.709. The Morgan fingerprint density at radius 1 is 0.594 bits per heavy atom. The van der Waals surface area contributed by atoms with E-state index in [0.717, 1.165) is 38.5 Å². The third kappa shape index (κ3) is 23.6. The van der Waals surface area contributed by atoms with Crippen LogP contribution in [-0.2, 0) is 14.3 Å². The van der Waals surface area contributed by atoms with Gasteiger partial charge in [-0.15, -0.1) is 0 Å². The molecule has 190 valence electrons. The number of ether oxygens (including phenoxy) is 1. The first-order valence-electron chi connectivity index (χ1n) is 14.0. The third-order valence-electron chi connectivity index (χ3n) is 6.43. The molecule has 1 atom stereocenters. The molecule has 0 saturated carbocycles. The van der Waals surface area contributed by atoms with E-state index in [2.05, 4.69) is 13.8 Å². The van der Waals surface area contributed by atoms with E-state index in [4.69, 9.17) is 9.84 Å². The Kier molecular flexibility index (Phi) is 23.8. The van der Waals surface area contributed by atoms with Gasteiger partial charge in [0.15, 0.2) is 0 Å². The van der Waals surface area contributed by atoms with Gasteiger partial charge in [0.2, 0.25) is 0 Å². The fourth-order valence-electron chi connectivity index (χ4n) is 4.27. The Morgan fingerprint density at radius 2 is 1.00 bits per heavy atom. The van der Waals surface area contributed by atoms with Gasteiger partial charge in [0.25, 0.3) is 0 Å². The Labute approximate surface area is 199 Å². The summed E-state index contributed by atoms with van der Waals surface area (Å²) in [5.41, 5.74) is 0. The number of carboxylic acid groups (broad SMARTS) is 1. The molecular weight excluding hydrogens is 400 g/mol. The average molecular weight is 455 g/mol. The molecule has 0 aromatic heterocycles. The van der Waals surface area contributed by atoms with Gasteiger partial charge >= 0.3 is 11.9 Å². The zero-order valence-electron chi connectivity index (χ0n) is 21.5. The highest BCUT2D eigenvalue weighted by Gasteiger charge is 2.12. The quantitative estimate of drug-likeness (QED) is 0.110. The summed E-state index contributed by atoms with van der Waals surface area (Å²) in [5, 5.41) is 8.63. The fraction of sp³-hybridized carbons (Fsp3) is 0.929. The summed E-state index contributed by atoms with van der Waals surface area (Å²) in [6.45, 7) is 5.12. The Morgan fingerprint density at radius 3 is 1.50 bits per heavy atom. The number of esters is 1. The smallest absolute Gasteiger partial charge is 0.305 e. The molecule has 1 unspecified atom stereocenters. The van der Waals surface area contributed by atoms with Crippen molar-refractivity contribution in [3.63, 3.8) is 0 Å². The van der Waals surface area contributed by atoms with Gasteiger partial charge in [-0.1, -0.05) is 117 Å². The molecular formula is C28H54O4. The average Bonchev–Trinajstić information content (AvgIpc) is 2.77. The maximum Gasteiger partial charge on any atom is 0.305 e. The molecule has 0 aromatic rings. The number of aliphatic carboxylic acids is 1. The molecule has 0 aliphatic carbocycles. The van der Waals surface area contributed by atoms with Crippen molar-refractivity contribution in [3.8, 4) is 0 Å². The SMILES string of the molecule is CCCCCCCCCCC(CCCCCC)COC(=O)CCCCCCCCC(=O)O. The fourth-order valence-corrected chi connectivity index (χ4v) is 4.27. The molecule has 0 spiro atoms. The van der Waals surface area contributed by atoms with Crippen molar-refractivity contribution in [3.05, 3.63) is 0 Å². The monoisotopic (exact) mass is 454 g/mol. The van der Waals surface area contributed by atoms with Crippen molar-refractivity contribution in [1.29, 1.82) is 0 Å². The van der Waals surface area contributed by atoms with Crippen LogP contribution in [0.1, 0.15) is 155 Å².